The molecule has 1 aromatic rings. The second-order valence-electron chi connectivity index (χ2n) is 4.62. The van der Waals surface area contributed by atoms with E-state index >= 15 is 0 Å². The number of benzene rings is 1. The van der Waals surface area contributed by atoms with Crippen LogP contribution in [0.5, 0.6) is 5.75 Å². The molecule has 0 radical (unpaired) electrons. The van der Waals surface area contributed by atoms with Crippen LogP contribution in [0.4, 0.5) is 13.2 Å². The normalized spacial score (nSPS) is 10.9. The van der Waals surface area contributed by atoms with E-state index in [1.807, 2.05) is 19.1 Å². The summed E-state index contributed by atoms with van der Waals surface area (Å²) in [5.41, 5.74) is 1.09. The number of alkyl halides is 3. The Balaban J connectivity index is 2.59. The van der Waals surface area contributed by atoms with Gasteiger partial charge in [0.1, 0.15) is 12.3 Å². The zero-order chi connectivity index (χ0) is 16.6. The molecule has 1 amide bonds. The van der Waals surface area contributed by atoms with Crippen molar-refractivity contribution in [1.82, 2.24) is 4.90 Å². The van der Waals surface area contributed by atoms with E-state index in [0.29, 0.717) is 10.6 Å². The molecule has 0 bridgehead atoms. The predicted octanol–water partition coefficient (Wildman–Crippen LogP) is 2.93. The zero-order valence-electron chi connectivity index (χ0n) is 12.2. The van der Waals surface area contributed by atoms with E-state index in [9.17, 15) is 18.0 Å². The van der Waals surface area contributed by atoms with Crippen molar-refractivity contribution >= 4 is 5.91 Å². The van der Waals surface area contributed by atoms with Gasteiger partial charge in [-0.15, -0.1) is 0 Å². The SMILES string of the molecule is CCc1ccc(OCC(=O)N(CCC#N)CC(F)(F)F)cc1. The molecule has 4 nitrogen and oxygen atoms in total. The number of carbonyl (C=O) groups is 1. The number of nitrogens with zero attached hydrogens (tertiary/aromatic N) is 2. The summed E-state index contributed by atoms with van der Waals surface area (Å²) in [7, 11) is 0. The van der Waals surface area contributed by atoms with E-state index < -0.39 is 25.2 Å². The Morgan fingerprint density at radius 3 is 2.45 bits per heavy atom. The number of hydrogen-bond acceptors (Lipinski definition) is 3. The predicted molar refractivity (Wildman–Crippen MR) is 74.2 cm³/mol. The third-order valence-electron chi connectivity index (χ3n) is 2.91. The van der Waals surface area contributed by atoms with Crippen LogP contribution in [0.25, 0.3) is 0 Å². The van der Waals surface area contributed by atoms with E-state index in [2.05, 4.69) is 0 Å². The van der Waals surface area contributed by atoms with Gasteiger partial charge in [-0.1, -0.05) is 19.1 Å². The highest BCUT2D eigenvalue weighted by Crippen LogP contribution is 2.17. The first-order valence-electron chi connectivity index (χ1n) is 6.79. The van der Waals surface area contributed by atoms with Gasteiger partial charge in [0.25, 0.3) is 5.91 Å². The molecule has 0 aliphatic carbocycles. The van der Waals surface area contributed by atoms with Crippen LogP contribution in [-0.2, 0) is 11.2 Å². The molecule has 1 aromatic carbocycles. The Morgan fingerprint density at radius 2 is 1.95 bits per heavy atom. The number of amides is 1. The van der Waals surface area contributed by atoms with Crippen LogP contribution in [0.1, 0.15) is 18.9 Å². The van der Waals surface area contributed by atoms with Gasteiger partial charge in [0.15, 0.2) is 6.61 Å². The van der Waals surface area contributed by atoms with Gasteiger partial charge in [-0.2, -0.15) is 18.4 Å². The Hall–Kier alpha value is -2.23. The molecule has 0 heterocycles. The summed E-state index contributed by atoms with van der Waals surface area (Å²) < 4.78 is 42.5. The maximum Gasteiger partial charge on any atom is 0.406 e. The van der Waals surface area contributed by atoms with E-state index in [0.717, 1.165) is 12.0 Å². The lowest BCUT2D eigenvalue weighted by Gasteiger charge is -2.23. The zero-order valence-corrected chi connectivity index (χ0v) is 12.2. The largest absolute Gasteiger partial charge is 0.484 e. The van der Waals surface area contributed by atoms with Crippen LogP contribution < -0.4 is 4.74 Å². The van der Waals surface area contributed by atoms with Gasteiger partial charge < -0.3 is 9.64 Å². The molecule has 120 valence electrons. The highest BCUT2D eigenvalue weighted by atomic mass is 19.4. The quantitative estimate of drug-likeness (QED) is 0.777. The fraction of sp³-hybridized carbons (Fsp3) is 0.467. The lowest BCUT2D eigenvalue weighted by atomic mass is 10.2. The van der Waals surface area contributed by atoms with Crippen molar-refractivity contribution in [3.05, 3.63) is 29.8 Å². The van der Waals surface area contributed by atoms with Gasteiger partial charge in [-0.05, 0) is 24.1 Å². The minimum Gasteiger partial charge on any atom is -0.484 e. The molecule has 0 aliphatic rings. The maximum absolute atomic E-state index is 12.4. The van der Waals surface area contributed by atoms with E-state index in [-0.39, 0.29) is 13.0 Å². The molecule has 0 unspecified atom stereocenters. The van der Waals surface area contributed by atoms with Gasteiger partial charge in [-0.25, -0.2) is 0 Å². The molecule has 0 fully saturated rings. The van der Waals surface area contributed by atoms with Crippen LogP contribution in [0.15, 0.2) is 24.3 Å². The van der Waals surface area contributed by atoms with Gasteiger partial charge in [0, 0.05) is 6.54 Å². The number of carbonyl (C=O) groups excluding carboxylic acids is 1. The molecule has 0 saturated carbocycles. The molecule has 7 heteroatoms. The average molecular weight is 314 g/mol. The van der Waals surface area contributed by atoms with Crippen LogP contribution in [-0.4, -0.2) is 36.7 Å². The third-order valence-corrected chi connectivity index (χ3v) is 2.91. The van der Waals surface area contributed by atoms with E-state index in [1.165, 1.54) is 0 Å². The summed E-state index contributed by atoms with van der Waals surface area (Å²) in [6.07, 6.45) is -3.81. The van der Waals surface area contributed by atoms with Crippen molar-refractivity contribution in [2.24, 2.45) is 0 Å². The first-order chi connectivity index (χ1) is 10.4. The smallest absolute Gasteiger partial charge is 0.406 e. The molecule has 0 N–H and O–H groups in total. The van der Waals surface area contributed by atoms with E-state index in [1.54, 1.807) is 18.2 Å². The average Bonchev–Trinajstić information content (AvgIpc) is 2.48. The van der Waals surface area contributed by atoms with Gasteiger partial charge >= 0.3 is 6.18 Å². The molecular weight excluding hydrogens is 297 g/mol. The van der Waals surface area contributed by atoms with Crippen LogP contribution >= 0.6 is 0 Å². The second-order valence-corrected chi connectivity index (χ2v) is 4.62. The number of hydrogen-bond donors (Lipinski definition) is 0. The first-order valence-corrected chi connectivity index (χ1v) is 6.79. The maximum atomic E-state index is 12.4. The highest BCUT2D eigenvalue weighted by molar-refractivity contribution is 5.77. The summed E-state index contributed by atoms with van der Waals surface area (Å²) in [5.74, 6) is -0.384. The lowest BCUT2D eigenvalue weighted by molar-refractivity contribution is -0.162. The minimum absolute atomic E-state index is 0.160. The molecular formula is C15H17F3N2O2. The summed E-state index contributed by atoms with van der Waals surface area (Å²) in [5, 5.41) is 8.45. The van der Waals surface area contributed by atoms with Crippen molar-refractivity contribution in [2.75, 3.05) is 19.7 Å². The first kappa shape index (κ1) is 17.8. The Labute approximate surface area is 127 Å². The minimum atomic E-state index is -4.51. The lowest BCUT2D eigenvalue weighted by Crippen LogP contribution is -2.41. The van der Waals surface area contributed by atoms with E-state index in [4.69, 9.17) is 10.00 Å². The van der Waals surface area contributed by atoms with Gasteiger partial charge in [-0.3, -0.25) is 4.79 Å². The Bertz CT molecular complexity index is 521. The van der Waals surface area contributed by atoms with Crippen molar-refractivity contribution in [3.63, 3.8) is 0 Å². The molecule has 0 aliphatic heterocycles. The highest BCUT2D eigenvalue weighted by Gasteiger charge is 2.32. The van der Waals surface area contributed by atoms with Crippen molar-refractivity contribution in [2.45, 2.75) is 25.9 Å². The Kier molecular flexibility index (Phi) is 6.70. The number of rotatable bonds is 7. The molecule has 1 rings (SSSR count). The molecule has 0 spiro atoms. The number of ether oxygens (including phenoxy) is 1. The van der Waals surface area contributed by atoms with Crippen molar-refractivity contribution in [3.8, 4) is 11.8 Å². The number of aryl methyl sites for hydroxylation is 1. The molecule has 0 atom stereocenters. The van der Waals surface area contributed by atoms with Gasteiger partial charge in [0.2, 0.25) is 0 Å². The molecule has 22 heavy (non-hydrogen) atoms. The number of halogens is 3. The summed E-state index contributed by atoms with van der Waals surface area (Å²) >= 11 is 0. The van der Waals surface area contributed by atoms with Crippen LogP contribution in [0.3, 0.4) is 0 Å². The fourth-order valence-corrected chi connectivity index (χ4v) is 1.75. The Morgan fingerprint density at radius 1 is 1.32 bits per heavy atom. The standard InChI is InChI=1S/C15H17F3N2O2/c1-2-12-4-6-13(7-5-12)22-10-14(21)20(9-3-8-19)11-15(16,17)18/h4-7H,2-3,9-11H2,1H3. The topological polar surface area (TPSA) is 53.3 Å². The summed E-state index contributed by atoms with van der Waals surface area (Å²) in [6, 6.07) is 8.69. The molecule has 0 aromatic heterocycles. The summed E-state index contributed by atoms with van der Waals surface area (Å²) in [6.45, 7) is -0.158. The monoisotopic (exact) mass is 314 g/mol. The van der Waals surface area contributed by atoms with Gasteiger partial charge in [0.05, 0.1) is 12.5 Å². The summed E-state index contributed by atoms with van der Waals surface area (Å²) in [4.78, 5) is 12.4. The third kappa shape index (κ3) is 6.48. The number of nitriles is 1. The van der Waals surface area contributed by atoms with Crippen LogP contribution in [0, 0.1) is 11.3 Å². The van der Waals surface area contributed by atoms with Crippen molar-refractivity contribution in [1.29, 1.82) is 5.26 Å². The fourth-order valence-electron chi connectivity index (χ4n) is 1.75. The van der Waals surface area contributed by atoms with Crippen molar-refractivity contribution < 1.29 is 22.7 Å². The van der Waals surface area contributed by atoms with Crippen LogP contribution in [0.2, 0.25) is 0 Å². The molecule has 0 saturated heterocycles. The second kappa shape index (κ2) is 8.27.